The molecule has 0 aliphatic rings. The topological polar surface area (TPSA) is 64.3 Å². The van der Waals surface area contributed by atoms with Gasteiger partial charge >= 0.3 is 0 Å². The maximum atomic E-state index is 11.6. The van der Waals surface area contributed by atoms with E-state index in [0.717, 1.165) is 15.8 Å². The molecule has 2 aromatic carbocycles. The number of halogens is 1. The average molecular weight is 321 g/mol. The molecule has 3 N–H and O–H groups in total. The molecule has 0 saturated carbocycles. The number of hydrogen-bond donors (Lipinski definition) is 2. The highest BCUT2D eigenvalue weighted by Crippen LogP contribution is 2.25. The highest BCUT2D eigenvalue weighted by atomic mass is 79.9. The highest BCUT2D eigenvalue weighted by molar-refractivity contribution is 9.10. The van der Waals surface area contributed by atoms with Gasteiger partial charge in [0.2, 0.25) is 0 Å². The fraction of sp³-hybridized carbons (Fsp3) is 0.0714. The van der Waals surface area contributed by atoms with E-state index < -0.39 is 0 Å². The number of ether oxygens (including phenoxy) is 1. The van der Waals surface area contributed by atoms with Gasteiger partial charge < -0.3 is 4.74 Å². The van der Waals surface area contributed by atoms with Crippen LogP contribution in [-0.4, -0.2) is 5.91 Å². The van der Waals surface area contributed by atoms with Crippen molar-refractivity contribution in [1.29, 1.82) is 0 Å². The molecule has 0 unspecified atom stereocenters. The molecule has 2 aromatic rings. The number of amides is 1. The summed E-state index contributed by atoms with van der Waals surface area (Å²) in [5, 5.41) is 0. The molecule has 0 aliphatic heterocycles. The second-order valence-corrected chi connectivity index (χ2v) is 4.70. The van der Waals surface area contributed by atoms with Gasteiger partial charge in [0.25, 0.3) is 5.91 Å². The van der Waals surface area contributed by atoms with E-state index in [2.05, 4.69) is 21.4 Å². The van der Waals surface area contributed by atoms with Gasteiger partial charge in [0, 0.05) is 11.1 Å². The summed E-state index contributed by atoms with van der Waals surface area (Å²) < 4.78 is 6.56. The van der Waals surface area contributed by atoms with Crippen molar-refractivity contribution in [2.45, 2.75) is 6.61 Å². The monoisotopic (exact) mass is 320 g/mol. The van der Waals surface area contributed by atoms with E-state index in [1.165, 1.54) is 0 Å². The minimum atomic E-state index is -0.327. The lowest BCUT2D eigenvalue weighted by Crippen LogP contribution is -2.30. The number of carbonyl (C=O) groups is 1. The first-order valence-electron chi connectivity index (χ1n) is 5.68. The van der Waals surface area contributed by atoms with Crippen LogP contribution in [0.5, 0.6) is 5.75 Å². The van der Waals surface area contributed by atoms with Crippen molar-refractivity contribution in [3.63, 3.8) is 0 Å². The molecule has 4 nitrogen and oxygen atoms in total. The van der Waals surface area contributed by atoms with E-state index in [-0.39, 0.29) is 5.91 Å². The summed E-state index contributed by atoms with van der Waals surface area (Å²) >= 11 is 3.41. The molecule has 0 aliphatic carbocycles. The zero-order valence-electron chi connectivity index (χ0n) is 10.1. The summed E-state index contributed by atoms with van der Waals surface area (Å²) in [6.07, 6.45) is 0. The van der Waals surface area contributed by atoms with Crippen molar-refractivity contribution in [1.82, 2.24) is 5.43 Å². The van der Waals surface area contributed by atoms with Gasteiger partial charge in [0.1, 0.15) is 12.4 Å². The molecular weight excluding hydrogens is 308 g/mol. The molecule has 0 aromatic heterocycles. The molecule has 0 bridgehead atoms. The minimum absolute atomic E-state index is 0.298. The molecule has 0 atom stereocenters. The number of hydrazine groups is 1. The lowest BCUT2D eigenvalue weighted by Gasteiger charge is -2.11. The number of nitrogens with two attached hydrogens (primary N) is 1. The molecule has 5 heteroatoms. The number of nitrogens with one attached hydrogen (secondary N) is 1. The molecule has 98 valence electrons. The van der Waals surface area contributed by atoms with E-state index in [9.17, 15) is 4.79 Å². The van der Waals surface area contributed by atoms with Gasteiger partial charge in [-0.3, -0.25) is 10.2 Å². The normalized spacial score (nSPS) is 10.0. The van der Waals surface area contributed by atoms with Gasteiger partial charge in [-0.15, -0.1) is 0 Å². The number of para-hydroxylation sites is 1. The fourth-order valence-electron chi connectivity index (χ4n) is 1.66. The van der Waals surface area contributed by atoms with Crippen molar-refractivity contribution in [3.8, 4) is 5.75 Å². The van der Waals surface area contributed by atoms with Gasteiger partial charge in [-0.1, -0.05) is 30.3 Å². The van der Waals surface area contributed by atoms with Crippen LogP contribution in [0.2, 0.25) is 0 Å². The third kappa shape index (κ3) is 3.33. The molecule has 0 saturated heterocycles. The van der Waals surface area contributed by atoms with Crippen molar-refractivity contribution < 1.29 is 9.53 Å². The summed E-state index contributed by atoms with van der Waals surface area (Å²) in [7, 11) is 0. The van der Waals surface area contributed by atoms with E-state index >= 15 is 0 Å². The first-order valence-corrected chi connectivity index (χ1v) is 6.48. The van der Waals surface area contributed by atoms with Gasteiger partial charge in [-0.25, -0.2) is 5.84 Å². The summed E-state index contributed by atoms with van der Waals surface area (Å²) in [4.78, 5) is 11.6. The Morgan fingerprint density at radius 3 is 2.58 bits per heavy atom. The second kappa shape index (κ2) is 6.36. The van der Waals surface area contributed by atoms with Crippen molar-refractivity contribution >= 4 is 21.8 Å². The van der Waals surface area contributed by atoms with Crippen LogP contribution in [0.15, 0.2) is 53.0 Å². The Morgan fingerprint density at radius 1 is 1.16 bits per heavy atom. The van der Waals surface area contributed by atoms with E-state index in [1.807, 2.05) is 36.4 Å². The third-order valence-electron chi connectivity index (χ3n) is 2.61. The SMILES string of the molecule is NNC(=O)c1ccccc1COc1ccccc1Br. The Balaban J connectivity index is 2.16. The maximum absolute atomic E-state index is 11.6. The van der Waals surface area contributed by atoms with Crippen LogP contribution in [0.1, 0.15) is 15.9 Å². The first kappa shape index (κ1) is 13.6. The van der Waals surface area contributed by atoms with Gasteiger partial charge in [-0.05, 0) is 34.1 Å². The van der Waals surface area contributed by atoms with Crippen LogP contribution < -0.4 is 16.0 Å². The van der Waals surface area contributed by atoms with Gasteiger partial charge in [0.05, 0.1) is 4.47 Å². The molecule has 0 heterocycles. The number of benzene rings is 2. The van der Waals surface area contributed by atoms with Crippen molar-refractivity contribution in [2.24, 2.45) is 5.84 Å². The first-order chi connectivity index (χ1) is 9.22. The summed E-state index contributed by atoms with van der Waals surface area (Å²) in [5.74, 6) is 5.56. The van der Waals surface area contributed by atoms with Gasteiger partial charge in [0.15, 0.2) is 0 Å². The number of hydrogen-bond acceptors (Lipinski definition) is 3. The molecule has 1 amide bonds. The highest BCUT2D eigenvalue weighted by Gasteiger charge is 2.10. The standard InChI is InChI=1S/C14H13BrN2O2/c15-12-7-3-4-8-13(12)19-9-10-5-1-2-6-11(10)14(18)17-16/h1-8H,9,16H2,(H,17,18). The maximum Gasteiger partial charge on any atom is 0.265 e. The zero-order chi connectivity index (χ0) is 13.7. The Morgan fingerprint density at radius 2 is 1.84 bits per heavy atom. The minimum Gasteiger partial charge on any atom is -0.488 e. The molecular formula is C14H13BrN2O2. The molecule has 19 heavy (non-hydrogen) atoms. The number of rotatable bonds is 4. The lowest BCUT2D eigenvalue weighted by molar-refractivity contribution is 0.0951. The summed E-state index contributed by atoms with van der Waals surface area (Å²) in [6, 6.07) is 14.7. The van der Waals surface area contributed by atoms with E-state index in [1.54, 1.807) is 12.1 Å². The van der Waals surface area contributed by atoms with E-state index in [0.29, 0.717) is 12.2 Å². The predicted octanol–water partition coefficient (Wildman–Crippen LogP) is 2.63. The predicted molar refractivity (Wildman–Crippen MR) is 76.6 cm³/mol. The smallest absolute Gasteiger partial charge is 0.265 e. The van der Waals surface area contributed by atoms with Crippen LogP contribution in [-0.2, 0) is 6.61 Å². The molecule has 0 spiro atoms. The molecule has 0 fully saturated rings. The quantitative estimate of drug-likeness (QED) is 0.517. The molecule has 0 radical (unpaired) electrons. The second-order valence-electron chi connectivity index (χ2n) is 3.85. The van der Waals surface area contributed by atoms with Crippen LogP contribution in [0.3, 0.4) is 0 Å². The Labute approximate surface area is 119 Å². The largest absolute Gasteiger partial charge is 0.488 e. The van der Waals surface area contributed by atoms with Crippen LogP contribution in [0.4, 0.5) is 0 Å². The average Bonchev–Trinajstić information content (AvgIpc) is 2.46. The Bertz CT molecular complexity index is 587. The van der Waals surface area contributed by atoms with Crippen LogP contribution >= 0.6 is 15.9 Å². The lowest BCUT2D eigenvalue weighted by atomic mass is 10.1. The number of carbonyl (C=O) groups excluding carboxylic acids is 1. The fourth-order valence-corrected chi connectivity index (χ4v) is 2.06. The molecule has 2 rings (SSSR count). The zero-order valence-corrected chi connectivity index (χ0v) is 11.7. The van der Waals surface area contributed by atoms with Crippen LogP contribution in [0.25, 0.3) is 0 Å². The van der Waals surface area contributed by atoms with Gasteiger partial charge in [-0.2, -0.15) is 0 Å². The Kier molecular flexibility index (Phi) is 4.54. The van der Waals surface area contributed by atoms with Crippen molar-refractivity contribution in [3.05, 3.63) is 64.1 Å². The Hall–Kier alpha value is -1.85. The summed E-state index contributed by atoms with van der Waals surface area (Å²) in [5.41, 5.74) is 3.42. The van der Waals surface area contributed by atoms with E-state index in [4.69, 9.17) is 10.6 Å². The summed E-state index contributed by atoms with van der Waals surface area (Å²) in [6.45, 7) is 0.298. The third-order valence-corrected chi connectivity index (χ3v) is 3.27. The van der Waals surface area contributed by atoms with Crippen LogP contribution in [0, 0.1) is 0 Å². The number of nitrogen functional groups attached to an aromatic ring is 1. The van der Waals surface area contributed by atoms with Crippen molar-refractivity contribution in [2.75, 3.05) is 0 Å².